The summed E-state index contributed by atoms with van der Waals surface area (Å²) in [6.07, 6.45) is 1.63. The van der Waals surface area contributed by atoms with Crippen LogP contribution in [0.15, 0.2) is 41.3 Å². The van der Waals surface area contributed by atoms with Crippen molar-refractivity contribution in [3.63, 3.8) is 0 Å². The number of rotatable bonds is 9. The van der Waals surface area contributed by atoms with Crippen LogP contribution in [0.25, 0.3) is 0 Å². The molecule has 0 spiro atoms. The van der Waals surface area contributed by atoms with Gasteiger partial charge in [0.25, 0.3) is 5.91 Å². The Morgan fingerprint density at radius 2 is 1.62 bits per heavy atom. The first-order valence-corrected chi connectivity index (χ1v) is 10.6. The molecule has 1 fully saturated rings. The molecule has 2 aromatic rings. The van der Waals surface area contributed by atoms with Crippen LogP contribution in [0, 0.1) is 0 Å². The molecule has 0 bridgehead atoms. The van der Waals surface area contributed by atoms with E-state index in [1.54, 1.807) is 19.2 Å². The monoisotopic (exact) mass is 420 g/mol. The topological polar surface area (TPSA) is 103 Å². The highest BCUT2D eigenvalue weighted by atomic mass is 32.2. The lowest BCUT2D eigenvalue weighted by molar-refractivity contribution is 0.0950. The third kappa shape index (κ3) is 4.99. The van der Waals surface area contributed by atoms with Crippen LogP contribution >= 0.6 is 0 Å². The lowest BCUT2D eigenvalue weighted by atomic mass is 10.1. The fraction of sp³-hybridized carbons (Fsp3) is 0.350. The predicted molar refractivity (Wildman–Crippen MR) is 107 cm³/mol. The van der Waals surface area contributed by atoms with Crippen molar-refractivity contribution in [1.82, 2.24) is 10.0 Å². The summed E-state index contributed by atoms with van der Waals surface area (Å²) in [4.78, 5) is 12.5. The molecule has 1 aliphatic rings. The Morgan fingerprint density at radius 3 is 2.24 bits per heavy atom. The van der Waals surface area contributed by atoms with Crippen LogP contribution in [-0.4, -0.2) is 41.7 Å². The molecule has 0 heterocycles. The third-order valence-electron chi connectivity index (χ3n) is 4.52. The molecule has 2 aromatic carbocycles. The number of carbonyl (C=O) groups excluding carboxylic acids is 1. The van der Waals surface area contributed by atoms with Gasteiger partial charge in [0.2, 0.25) is 10.0 Å². The fourth-order valence-electron chi connectivity index (χ4n) is 2.79. The Bertz CT molecular complexity index is 1000. The number of sulfonamides is 1. The van der Waals surface area contributed by atoms with E-state index >= 15 is 0 Å². The number of hydrogen-bond acceptors (Lipinski definition) is 6. The van der Waals surface area contributed by atoms with Gasteiger partial charge in [-0.2, -0.15) is 0 Å². The molecule has 1 saturated carbocycles. The van der Waals surface area contributed by atoms with E-state index in [9.17, 15) is 13.2 Å². The zero-order valence-corrected chi connectivity index (χ0v) is 17.3. The average molecular weight is 420 g/mol. The second-order valence-corrected chi connectivity index (χ2v) is 8.32. The first-order chi connectivity index (χ1) is 13.9. The molecular weight excluding hydrogens is 396 g/mol. The van der Waals surface area contributed by atoms with Crippen LogP contribution in [0.3, 0.4) is 0 Å². The summed E-state index contributed by atoms with van der Waals surface area (Å²) in [6, 6.07) is 9.61. The number of benzene rings is 2. The summed E-state index contributed by atoms with van der Waals surface area (Å²) >= 11 is 0. The predicted octanol–water partition coefficient (Wildman–Crippen LogP) is 2.08. The highest BCUT2D eigenvalue weighted by Crippen LogP contribution is 2.29. The van der Waals surface area contributed by atoms with Gasteiger partial charge in [-0.05, 0) is 48.7 Å². The maximum Gasteiger partial charge on any atom is 0.251 e. The van der Waals surface area contributed by atoms with Gasteiger partial charge >= 0.3 is 0 Å². The van der Waals surface area contributed by atoms with Gasteiger partial charge < -0.3 is 19.5 Å². The molecular formula is C20H24N2O6S. The van der Waals surface area contributed by atoms with Crippen molar-refractivity contribution in [1.29, 1.82) is 0 Å². The normalized spacial score (nSPS) is 13.6. The fourth-order valence-corrected chi connectivity index (χ4v) is 4.29. The molecule has 1 amide bonds. The van der Waals surface area contributed by atoms with E-state index in [1.165, 1.54) is 32.4 Å². The summed E-state index contributed by atoms with van der Waals surface area (Å²) < 4.78 is 43.4. The van der Waals surface area contributed by atoms with Crippen molar-refractivity contribution >= 4 is 15.9 Å². The molecule has 0 aromatic heterocycles. The molecule has 0 atom stereocenters. The Kier molecular flexibility index (Phi) is 6.29. The minimum absolute atomic E-state index is 0.0489. The molecule has 9 heteroatoms. The van der Waals surface area contributed by atoms with E-state index in [2.05, 4.69) is 10.0 Å². The van der Waals surface area contributed by atoms with E-state index in [-0.39, 0.29) is 28.8 Å². The van der Waals surface area contributed by atoms with Gasteiger partial charge in [0.1, 0.15) is 10.6 Å². The van der Waals surface area contributed by atoms with Gasteiger partial charge in [-0.25, -0.2) is 13.1 Å². The zero-order valence-electron chi connectivity index (χ0n) is 16.5. The first kappa shape index (κ1) is 20.9. The Morgan fingerprint density at radius 1 is 0.966 bits per heavy atom. The van der Waals surface area contributed by atoms with Gasteiger partial charge in [-0.15, -0.1) is 0 Å². The molecule has 0 saturated heterocycles. The number of carbonyl (C=O) groups is 1. The summed E-state index contributed by atoms with van der Waals surface area (Å²) in [5, 5.41) is 2.78. The number of hydrogen-bond donors (Lipinski definition) is 2. The van der Waals surface area contributed by atoms with Crippen molar-refractivity contribution in [2.75, 3.05) is 21.3 Å². The van der Waals surface area contributed by atoms with Crippen LogP contribution in [0.5, 0.6) is 17.2 Å². The van der Waals surface area contributed by atoms with Crippen LogP contribution in [-0.2, 0) is 16.6 Å². The lowest BCUT2D eigenvalue weighted by Gasteiger charge is -2.13. The third-order valence-corrected chi connectivity index (χ3v) is 6.06. The highest BCUT2D eigenvalue weighted by molar-refractivity contribution is 7.89. The molecule has 3 rings (SSSR count). The minimum atomic E-state index is -3.77. The molecule has 0 aliphatic heterocycles. The second-order valence-electron chi connectivity index (χ2n) is 6.63. The van der Waals surface area contributed by atoms with Crippen LogP contribution in [0.1, 0.15) is 28.8 Å². The van der Waals surface area contributed by atoms with Crippen LogP contribution < -0.4 is 24.2 Å². The Labute approximate surface area is 170 Å². The SMILES string of the molecule is COc1ccc(CNC(=O)c2ccc(OC)c(S(=O)(=O)NC3CC3)c2)cc1OC. The number of nitrogens with one attached hydrogen (secondary N) is 2. The van der Waals surface area contributed by atoms with Gasteiger partial charge in [0.15, 0.2) is 11.5 Å². The van der Waals surface area contributed by atoms with Crippen LogP contribution in [0.4, 0.5) is 0 Å². The highest BCUT2D eigenvalue weighted by Gasteiger charge is 2.30. The van der Waals surface area contributed by atoms with E-state index in [0.29, 0.717) is 11.5 Å². The molecule has 0 radical (unpaired) electrons. The molecule has 2 N–H and O–H groups in total. The summed E-state index contributed by atoms with van der Waals surface area (Å²) in [7, 11) is 0.711. The number of amides is 1. The lowest BCUT2D eigenvalue weighted by Crippen LogP contribution is -2.27. The Hall–Kier alpha value is -2.78. The van der Waals surface area contributed by atoms with Crippen molar-refractivity contribution in [2.45, 2.75) is 30.3 Å². The van der Waals surface area contributed by atoms with Crippen molar-refractivity contribution in [3.8, 4) is 17.2 Å². The van der Waals surface area contributed by atoms with Crippen LogP contribution in [0.2, 0.25) is 0 Å². The zero-order chi connectivity index (χ0) is 21.0. The van der Waals surface area contributed by atoms with Gasteiger partial charge in [-0.1, -0.05) is 6.07 Å². The van der Waals surface area contributed by atoms with Gasteiger partial charge in [0, 0.05) is 18.2 Å². The maximum atomic E-state index is 12.6. The summed E-state index contributed by atoms with van der Waals surface area (Å²) in [6.45, 7) is 0.244. The number of methoxy groups -OCH3 is 3. The minimum Gasteiger partial charge on any atom is -0.495 e. The quantitative estimate of drug-likeness (QED) is 0.644. The largest absolute Gasteiger partial charge is 0.495 e. The van der Waals surface area contributed by atoms with E-state index in [0.717, 1.165) is 18.4 Å². The molecule has 8 nitrogen and oxygen atoms in total. The Balaban J connectivity index is 1.76. The van der Waals surface area contributed by atoms with E-state index in [1.807, 2.05) is 6.07 Å². The smallest absolute Gasteiger partial charge is 0.251 e. The van der Waals surface area contributed by atoms with Gasteiger partial charge in [0.05, 0.1) is 21.3 Å². The standard InChI is InChI=1S/C20H24N2O6S/c1-26-16-8-4-13(10-18(16)28-3)12-21-20(23)14-5-9-17(27-2)19(11-14)29(24,25)22-15-6-7-15/h4-5,8-11,15,22H,6-7,12H2,1-3H3,(H,21,23). The molecule has 156 valence electrons. The molecule has 29 heavy (non-hydrogen) atoms. The second kappa shape index (κ2) is 8.71. The summed E-state index contributed by atoms with van der Waals surface area (Å²) in [5.41, 5.74) is 1.04. The van der Waals surface area contributed by atoms with E-state index in [4.69, 9.17) is 14.2 Å². The van der Waals surface area contributed by atoms with E-state index < -0.39 is 15.9 Å². The van der Waals surface area contributed by atoms with Crippen molar-refractivity contribution < 1.29 is 27.4 Å². The number of ether oxygens (including phenoxy) is 3. The average Bonchev–Trinajstić information content (AvgIpc) is 3.54. The maximum absolute atomic E-state index is 12.6. The first-order valence-electron chi connectivity index (χ1n) is 9.07. The molecule has 0 unspecified atom stereocenters. The summed E-state index contributed by atoms with van der Waals surface area (Å²) in [5.74, 6) is 0.943. The molecule has 1 aliphatic carbocycles. The van der Waals surface area contributed by atoms with Gasteiger partial charge in [-0.3, -0.25) is 4.79 Å². The van der Waals surface area contributed by atoms with Crippen molar-refractivity contribution in [3.05, 3.63) is 47.5 Å². The van der Waals surface area contributed by atoms with Crippen molar-refractivity contribution in [2.24, 2.45) is 0 Å².